The number of rotatable bonds is 5. The van der Waals surface area contributed by atoms with Crippen LogP contribution < -0.4 is 4.90 Å². The Hall–Kier alpha value is -6.38. The third kappa shape index (κ3) is 4.86. The van der Waals surface area contributed by atoms with E-state index in [-0.39, 0.29) is 5.41 Å². The SMILES string of the molecule is Cc1ccc(N(c2ccccc2)c2cc3c(c4ccccc24)-c2ccc(-n4c5ccc(C)cc5c5cc(-c6ccccc6)ccc54)cc2C3(C)C)cc1. The number of hydrogen-bond donors (Lipinski definition) is 0. The molecule has 2 nitrogen and oxygen atoms in total. The molecule has 0 aliphatic heterocycles. The second kappa shape index (κ2) is 11.8. The van der Waals surface area contributed by atoms with Crippen molar-refractivity contribution in [2.24, 2.45) is 0 Å². The van der Waals surface area contributed by atoms with E-state index in [1.807, 2.05) is 0 Å². The van der Waals surface area contributed by atoms with E-state index < -0.39 is 0 Å². The Morgan fingerprint density at radius 2 is 1.08 bits per heavy atom. The molecule has 0 unspecified atom stereocenters. The zero-order chi connectivity index (χ0) is 35.8. The summed E-state index contributed by atoms with van der Waals surface area (Å²) in [6.07, 6.45) is 0. The zero-order valence-electron chi connectivity index (χ0n) is 30.6. The highest BCUT2D eigenvalue weighted by Crippen LogP contribution is 2.55. The standard InChI is InChI=1S/C51H40N2/c1-33-19-23-38(24-20-33)52(37-15-9-6-10-16-37)49-32-46-50(41-18-12-11-17-40(41)49)42-26-25-39(31-45(42)51(46,3)4)53-47-27-21-34(2)29-43(47)44-30-36(22-28-48(44)53)35-13-7-5-8-14-35/h5-32H,1-4H3. The van der Waals surface area contributed by atoms with Gasteiger partial charge in [0, 0.05) is 38.6 Å². The Morgan fingerprint density at radius 1 is 0.453 bits per heavy atom. The third-order valence-corrected chi connectivity index (χ3v) is 11.5. The second-order valence-electron chi connectivity index (χ2n) is 15.2. The van der Waals surface area contributed by atoms with Gasteiger partial charge in [-0.15, -0.1) is 0 Å². The molecule has 53 heavy (non-hydrogen) atoms. The molecule has 2 heteroatoms. The molecule has 0 radical (unpaired) electrons. The van der Waals surface area contributed by atoms with Crippen LogP contribution in [0.4, 0.5) is 17.1 Å². The van der Waals surface area contributed by atoms with Crippen molar-refractivity contribution < 1.29 is 0 Å². The Bertz CT molecular complexity index is 2860. The Labute approximate surface area is 311 Å². The fraction of sp³-hybridized carbons (Fsp3) is 0.0980. The van der Waals surface area contributed by atoms with Gasteiger partial charge in [-0.1, -0.05) is 128 Å². The summed E-state index contributed by atoms with van der Waals surface area (Å²) in [5, 5.41) is 5.10. The summed E-state index contributed by atoms with van der Waals surface area (Å²) >= 11 is 0. The lowest BCUT2D eigenvalue weighted by molar-refractivity contribution is 0.660. The first kappa shape index (κ1) is 31.4. The van der Waals surface area contributed by atoms with Crippen LogP contribution in [0.2, 0.25) is 0 Å². The largest absolute Gasteiger partial charge is 0.310 e. The van der Waals surface area contributed by atoms with Crippen molar-refractivity contribution in [2.75, 3.05) is 4.90 Å². The lowest BCUT2D eigenvalue weighted by Crippen LogP contribution is -2.17. The van der Waals surface area contributed by atoms with Gasteiger partial charge in [-0.2, -0.15) is 0 Å². The van der Waals surface area contributed by atoms with Crippen molar-refractivity contribution in [3.05, 3.63) is 192 Å². The van der Waals surface area contributed by atoms with E-state index in [4.69, 9.17) is 0 Å². The molecule has 9 aromatic rings. The van der Waals surface area contributed by atoms with Crippen LogP contribution in [0.5, 0.6) is 0 Å². The molecule has 1 aromatic heterocycles. The molecule has 0 bridgehead atoms. The normalized spacial score (nSPS) is 13.1. The summed E-state index contributed by atoms with van der Waals surface area (Å²) < 4.78 is 2.47. The highest BCUT2D eigenvalue weighted by atomic mass is 15.1. The van der Waals surface area contributed by atoms with E-state index in [1.54, 1.807) is 0 Å². The van der Waals surface area contributed by atoms with Gasteiger partial charge in [0.1, 0.15) is 0 Å². The summed E-state index contributed by atoms with van der Waals surface area (Å²) in [6, 6.07) is 62.8. The molecule has 0 amide bonds. The van der Waals surface area contributed by atoms with Crippen LogP contribution in [-0.4, -0.2) is 4.57 Å². The number of anilines is 3. The summed E-state index contributed by atoms with van der Waals surface area (Å²) in [5.41, 5.74) is 17.3. The minimum absolute atomic E-state index is 0.231. The third-order valence-electron chi connectivity index (χ3n) is 11.5. The highest BCUT2D eigenvalue weighted by Gasteiger charge is 2.38. The van der Waals surface area contributed by atoms with Crippen molar-refractivity contribution in [1.29, 1.82) is 0 Å². The number of hydrogen-bond acceptors (Lipinski definition) is 1. The predicted octanol–water partition coefficient (Wildman–Crippen LogP) is 14.0. The molecule has 1 aliphatic rings. The summed E-state index contributed by atoms with van der Waals surface area (Å²) in [7, 11) is 0. The molecule has 1 aliphatic carbocycles. The van der Waals surface area contributed by atoms with Gasteiger partial charge in [0.15, 0.2) is 0 Å². The number of benzene rings is 8. The Morgan fingerprint density at radius 3 is 1.83 bits per heavy atom. The van der Waals surface area contributed by atoms with Gasteiger partial charge in [0.05, 0.1) is 16.7 Å². The minimum atomic E-state index is -0.231. The molecule has 254 valence electrons. The summed E-state index contributed by atoms with van der Waals surface area (Å²) in [4.78, 5) is 2.43. The lowest BCUT2D eigenvalue weighted by Gasteiger charge is -2.30. The van der Waals surface area contributed by atoms with E-state index in [1.165, 1.54) is 88.5 Å². The maximum absolute atomic E-state index is 2.47. The number of nitrogens with zero attached hydrogens (tertiary/aromatic N) is 2. The average Bonchev–Trinajstić information content (AvgIpc) is 3.63. The van der Waals surface area contributed by atoms with E-state index in [0.29, 0.717) is 0 Å². The van der Waals surface area contributed by atoms with Crippen LogP contribution in [0.25, 0.3) is 60.5 Å². The minimum Gasteiger partial charge on any atom is -0.310 e. The van der Waals surface area contributed by atoms with Gasteiger partial charge in [-0.05, 0) is 119 Å². The second-order valence-corrected chi connectivity index (χ2v) is 15.2. The fourth-order valence-corrected chi connectivity index (χ4v) is 8.80. The van der Waals surface area contributed by atoms with Gasteiger partial charge in [-0.25, -0.2) is 0 Å². The molecule has 0 spiro atoms. The van der Waals surface area contributed by atoms with Gasteiger partial charge >= 0.3 is 0 Å². The van der Waals surface area contributed by atoms with Crippen molar-refractivity contribution in [3.63, 3.8) is 0 Å². The van der Waals surface area contributed by atoms with Crippen molar-refractivity contribution in [3.8, 4) is 27.9 Å². The van der Waals surface area contributed by atoms with Gasteiger partial charge in [0.2, 0.25) is 0 Å². The van der Waals surface area contributed by atoms with Gasteiger partial charge in [-0.3, -0.25) is 0 Å². The average molecular weight is 681 g/mol. The maximum atomic E-state index is 2.47. The van der Waals surface area contributed by atoms with Crippen molar-refractivity contribution in [1.82, 2.24) is 4.57 Å². The van der Waals surface area contributed by atoms with Crippen LogP contribution >= 0.6 is 0 Å². The summed E-state index contributed by atoms with van der Waals surface area (Å²) in [5.74, 6) is 0. The fourth-order valence-electron chi connectivity index (χ4n) is 8.80. The number of aryl methyl sites for hydroxylation is 2. The van der Waals surface area contributed by atoms with Gasteiger partial charge in [0.25, 0.3) is 0 Å². The van der Waals surface area contributed by atoms with E-state index in [0.717, 1.165) is 11.4 Å². The molecule has 1 heterocycles. The first-order chi connectivity index (χ1) is 25.9. The first-order valence-electron chi connectivity index (χ1n) is 18.6. The quantitative estimate of drug-likeness (QED) is 0.176. The van der Waals surface area contributed by atoms with Gasteiger partial charge < -0.3 is 9.47 Å². The Balaban J connectivity index is 1.18. The maximum Gasteiger partial charge on any atom is 0.0543 e. The molecule has 8 aromatic carbocycles. The topological polar surface area (TPSA) is 8.17 Å². The predicted molar refractivity (Wildman–Crippen MR) is 225 cm³/mol. The van der Waals surface area contributed by atoms with Crippen LogP contribution in [-0.2, 0) is 5.41 Å². The number of para-hydroxylation sites is 1. The summed E-state index contributed by atoms with van der Waals surface area (Å²) in [6.45, 7) is 9.15. The van der Waals surface area contributed by atoms with E-state index in [9.17, 15) is 0 Å². The highest BCUT2D eigenvalue weighted by molar-refractivity contribution is 6.12. The van der Waals surface area contributed by atoms with Crippen molar-refractivity contribution >= 4 is 49.6 Å². The number of fused-ring (bicyclic) bond motifs is 8. The van der Waals surface area contributed by atoms with Crippen LogP contribution in [0, 0.1) is 13.8 Å². The van der Waals surface area contributed by atoms with Crippen molar-refractivity contribution in [2.45, 2.75) is 33.1 Å². The van der Waals surface area contributed by atoms with Crippen LogP contribution in [0.1, 0.15) is 36.1 Å². The molecule has 0 atom stereocenters. The number of aromatic nitrogens is 1. The molecular weight excluding hydrogens is 641 g/mol. The first-order valence-corrected chi connectivity index (χ1v) is 18.6. The zero-order valence-corrected chi connectivity index (χ0v) is 30.6. The lowest BCUT2D eigenvalue weighted by atomic mass is 9.81. The molecule has 0 N–H and O–H groups in total. The molecule has 0 fully saturated rings. The van der Waals surface area contributed by atoms with E-state index in [2.05, 4.69) is 207 Å². The smallest absolute Gasteiger partial charge is 0.0543 e. The van der Waals surface area contributed by atoms with Crippen LogP contribution in [0.3, 0.4) is 0 Å². The van der Waals surface area contributed by atoms with E-state index >= 15 is 0 Å². The molecule has 10 rings (SSSR count). The molecule has 0 saturated carbocycles. The molecular formula is C51H40N2. The molecule has 0 saturated heterocycles. The monoisotopic (exact) mass is 680 g/mol. The van der Waals surface area contributed by atoms with Crippen LogP contribution in [0.15, 0.2) is 170 Å². The Kier molecular flexibility index (Phi) is 7.00.